The molecule has 0 aliphatic carbocycles. The standard InChI is InChI=1S/C15H30N2/c1-5-12-17(13-6-2)14-10-8-7-9-11-16-15(3)4/h1,15-16H,6-14H2,2-4H3. The highest BCUT2D eigenvalue weighted by Crippen LogP contribution is 2.02. The second-order valence-corrected chi connectivity index (χ2v) is 5.00. The zero-order valence-corrected chi connectivity index (χ0v) is 12.0. The Bertz CT molecular complexity index is 194. The van der Waals surface area contributed by atoms with Crippen LogP contribution in [0, 0.1) is 12.3 Å². The highest BCUT2D eigenvalue weighted by Gasteiger charge is 2.01. The number of hydrogen-bond donors (Lipinski definition) is 1. The highest BCUT2D eigenvalue weighted by atomic mass is 15.1. The molecule has 0 heterocycles. The lowest BCUT2D eigenvalue weighted by Crippen LogP contribution is -2.26. The molecule has 0 aliphatic heterocycles. The molecule has 0 saturated heterocycles. The molecule has 0 rings (SSSR count). The van der Waals surface area contributed by atoms with Gasteiger partial charge in [-0.1, -0.05) is 39.5 Å². The Kier molecular flexibility index (Phi) is 11.6. The lowest BCUT2D eigenvalue weighted by atomic mass is 10.2. The van der Waals surface area contributed by atoms with Crippen molar-refractivity contribution in [3.8, 4) is 12.3 Å². The number of nitrogens with one attached hydrogen (secondary N) is 1. The predicted octanol–water partition coefficient (Wildman–Crippen LogP) is 2.89. The molecule has 0 radical (unpaired) electrons. The van der Waals surface area contributed by atoms with Gasteiger partial charge in [-0.15, -0.1) is 6.42 Å². The van der Waals surface area contributed by atoms with Gasteiger partial charge in [0.05, 0.1) is 6.54 Å². The van der Waals surface area contributed by atoms with E-state index in [9.17, 15) is 0 Å². The third-order valence-corrected chi connectivity index (χ3v) is 2.81. The summed E-state index contributed by atoms with van der Waals surface area (Å²) in [4.78, 5) is 2.38. The maximum absolute atomic E-state index is 5.36. The largest absolute Gasteiger partial charge is 0.315 e. The summed E-state index contributed by atoms with van der Waals surface area (Å²) in [6.07, 6.45) is 11.8. The quantitative estimate of drug-likeness (QED) is 0.440. The topological polar surface area (TPSA) is 15.3 Å². The van der Waals surface area contributed by atoms with Crippen LogP contribution in [0.15, 0.2) is 0 Å². The SMILES string of the molecule is C#CCN(CCC)CCCCCCNC(C)C. The van der Waals surface area contributed by atoms with Crippen LogP contribution in [0.2, 0.25) is 0 Å². The summed E-state index contributed by atoms with van der Waals surface area (Å²) in [5, 5.41) is 3.45. The van der Waals surface area contributed by atoms with Crippen molar-refractivity contribution in [3.05, 3.63) is 0 Å². The average Bonchev–Trinajstić information content (AvgIpc) is 2.28. The van der Waals surface area contributed by atoms with Gasteiger partial charge in [-0.25, -0.2) is 0 Å². The highest BCUT2D eigenvalue weighted by molar-refractivity contribution is 4.87. The van der Waals surface area contributed by atoms with Crippen molar-refractivity contribution >= 4 is 0 Å². The Hall–Kier alpha value is -0.520. The molecule has 17 heavy (non-hydrogen) atoms. The van der Waals surface area contributed by atoms with E-state index in [4.69, 9.17) is 6.42 Å². The fourth-order valence-corrected chi connectivity index (χ4v) is 1.92. The van der Waals surface area contributed by atoms with E-state index in [1.165, 1.54) is 32.1 Å². The lowest BCUT2D eigenvalue weighted by molar-refractivity contribution is 0.299. The van der Waals surface area contributed by atoms with Crippen molar-refractivity contribution in [1.29, 1.82) is 0 Å². The number of unbranched alkanes of at least 4 members (excludes halogenated alkanes) is 3. The number of hydrogen-bond acceptors (Lipinski definition) is 2. The summed E-state index contributed by atoms with van der Waals surface area (Å²) in [5.74, 6) is 2.74. The van der Waals surface area contributed by atoms with Gasteiger partial charge in [0.25, 0.3) is 0 Å². The van der Waals surface area contributed by atoms with Crippen molar-refractivity contribution < 1.29 is 0 Å². The minimum absolute atomic E-state index is 0.616. The summed E-state index contributed by atoms with van der Waals surface area (Å²) in [7, 11) is 0. The van der Waals surface area contributed by atoms with Gasteiger partial charge in [0, 0.05) is 6.04 Å². The molecule has 0 unspecified atom stereocenters. The zero-order valence-electron chi connectivity index (χ0n) is 12.0. The molecule has 0 aromatic heterocycles. The normalized spacial score (nSPS) is 11.1. The molecular weight excluding hydrogens is 208 g/mol. The molecule has 0 amide bonds. The van der Waals surface area contributed by atoms with E-state index in [1.807, 2.05) is 0 Å². The van der Waals surface area contributed by atoms with E-state index in [0.717, 1.165) is 26.2 Å². The lowest BCUT2D eigenvalue weighted by Gasteiger charge is -2.18. The molecule has 1 N–H and O–H groups in total. The predicted molar refractivity (Wildman–Crippen MR) is 77.2 cm³/mol. The van der Waals surface area contributed by atoms with Crippen LogP contribution in [0.4, 0.5) is 0 Å². The molecule has 100 valence electrons. The molecule has 2 nitrogen and oxygen atoms in total. The van der Waals surface area contributed by atoms with Crippen molar-refractivity contribution in [3.63, 3.8) is 0 Å². The molecule has 2 heteroatoms. The van der Waals surface area contributed by atoms with Crippen LogP contribution in [0.25, 0.3) is 0 Å². The summed E-state index contributed by atoms with van der Waals surface area (Å²) < 4.78 is 0. The van der Waals surface area contributed by atoms with Crippen LogP contribution < -0.4 is 5.32 Å². The first-order valence-electron chi connectivity index (χ1n) is 7.09. The summed E-state index contributed by atoms with van der Waals surface area (Å²) >= 11 is 0. The average molecular weight is 238 g/mol. The Morgan fingerprint density at radius 2 is 1.82 bits per heavy atom. The van der Waals surface area contributed by atoms with Crippen molar-refractivity contribution in [1.82, 2.24) is 10.2 Å². The smallest absolute Gasteiger partial charge is 0.0598 e. The van der Waals surface area contributed by atoms with E-state index < -0.39 is 0 Å². The van der Waals surface area contributed by atoms with Crippen LogP contribution in [0.1, 0.15) is 52.9 Å². The van der Waals surface area contributed by atoms with E-state index in [0.29, 0.717) is 6.04 Å². The van der Waals surface area contributed by atoms with E-state index >= 15 is 0 Å². The molecular formula is C15H30N2. The number of nitrogens with zero attached hydrogens (tertiary/aromatic N) is 1. The van der Waals surface area contributed by atoms with Crippen LogP contribution in [-0.2, 0) is 0 Å². The van der Waals surface area contributed by atoms with E-state index in [2.05, 4.69) is 36.9 Å². The second-order valence-electron chi connectivity index (χ2n) is 5.00. The van der Waals surface area contributed by atoms with Gasteiger partial charge in [0.2, 0.25) is 0 Å². The maximum Gasteiger partial charge on any atom is 0.0598 e. The van der Waals surface area contributed by atoms with E-state index in [-0.39, 0.29) is 0 Å². The zero-order chi connectivity index (χ0) is 12.9. The van der Waals surface area contributed by atoms with Gasteiger partial charge in [-0.3, -0.25) is 4.90 Å². The first-order chi connectivity index (χ1) is 8.20. The molecule has 0 fully saturated rings. The van der Waals surface area contributed by atoms with Crippen LogP contribution in [0.5, 0.6) is 0 Å². The fraction of sp³-hybridized carbons (Fsp3) is 0.867. The second kappa shape index (κ2) is 12.0. The molecule has 0 saturated carbocycles. The number of terminal acetylenes is 1. The van der Waals surface area contributed by atoms with Crippen molar-refractivity contribution in [2.24, 2.45) is 0 Å². The van der Waals surface area contributed by atoms with Gasteiger partial charge in [-0.05, 0) is 38.9 Å². The van der Waals surface area contributed by atoms with E-state index in [1.54, 1.807) is 0 Å². The molecule has 0 bridgehead atoms. The minimum atomic E-state index is 0.616. The first-order valence-corrected chi connectivity index (χ1v) is 7.09. The van der Waals surface area contributed by atoms with Gasteiger partial charge >= 0.3 is 0 Å². The summed E-state index contributed by atoms with van der Waals surface area (Å²) in [6.45, 7) is 10.9. The molecule has 0 aromatic carbocycles. The Balaban J connectivity index is 3.33. The van der Waals surface area contributed by atoms with Crippen molar-refractivity contribution in [2.75, 3.05) is 26.2 Å². The first kappa shape index (κ1) is 16.5. The molecule has 0 aliphatic rings. The van der Waals surface area contributed by atoms with Crippen LogP contribution >= 0.6 is 0 Å². The third-order valence-electron chi connectivity index (χ3n) is 2.81. The summed E-state index contributed by atoms with van der Waals surface area (Å²) in [6, 6.07) is 0.616. The Morgan fingerprint density at radius 3 is 2.41 bits per heavy atom. The third kappa shape index (κ3) is 11.7. The Morgan fingerprint density at radius 1 is 1.12 bits per heavy atom. The van der Waals surface area contributed by atoms with Gasteiger partial charge < -0.3 is 5.32 Å². The molecule has 0 atom stereocenters. The fourth-order valence-electron chi connectivity index (χ4n) is 1.92. The Labute approximate surface area is 108 Å². The van der Waals surface area contributed by atoms with Crippen LogP contribution in [0.3, 0.4) is 0 Å². The minimum Gasteiger partial charge on any atom is -0.315 e. The van der Waals surface area contributed by atoms with Gasteiger partial charge in [0.15, 0.2) is 0 Å². The molecule has 0 aromatic rings. The van der Waals surface area contributed by atoms with Gasteiger partial charge in [-0.2, -0.15) is 0 Å². The monoisotopic (exact) mass is 238 g/mol. The maximum atomic E-state index is 5.36. The summed E-state index contributed by atoms with van der Waals surface area (Å²) in [5.41, 5.74) is 0. The van der Waals surface area contributed by atoms with Crippen LogP contribution in [-0.4, -0.2) is 37.1 Å². The molecule has 0 spiro atoms. The van der Waals surface area contributed by atoms with Gasteiger partial charge in [0.1, 0.15) is 0 Å². The van der Waals surface area contributed by atoms with Crippen molar-refractivity contribution in [2.45, 2.75) is 58.9 Å². The number of rotatable bonds is 11.